The predicted octanol–water partition coefficient (Wildman–Crippen LogP) is 2.55. The summed E-state index contributed by atoms with van der Waals surface area (Å²) in [5.74, 6) is 0. The highest BCUT2D eigenvalue weighted by Crippen LogP contribution is 2.20. The van der Waals surface area contributed by atoms with Crippen molar-refractivity contribution in [3.05, 3.63) is 65.2 Å². The zero-order valence-corrected chi connectivity index (χ0v) is 11.3. The maximum atomic E-state index is 11.8. The van der Waals surface area contributed by atoms with E-state index in [-0.39, 0.29) is 4.90 Å². The van der Waals surface area contributed by atoms with E-state index < -0.39 is 9.84 Å². The Morgan fingerprint density at radius 2 is 1.79 bits per heavy atom. The average molecular weight is 271 g/mol. The molecule has 0 aliphatic rings. The van der Waals surface area contributed by atoms with Crippen LogP contribution in [-0.4, -0.2) is 14.7 Å². The number of hydrogen-bond donors (Lipinski definition) is 0. The molecular weight excluding hydrogens is 258 g/mol. The highest BCUT2D eigenvalue weighted by Gasteiger charge is 2.14. The Morgan fingerprint density at radius 3 is 2.37 bits per heavy atom. The third-order valence-electron chi connectivity index (χ3n) is 2.83. The molecule has 0 atom stereocenters. The number of hydrogen-bond acceptors (Lipinski definition) is 3. The lowest BCUT2D eigenvalue weighted by atomic mass is 10.0. The summed E-state index contributed by atoms with van der Waals surface area (Å²) in [4.78, 5) is 0.287. The van der Waals surface area contributed by atoms with Crippen LogP contribution in [0.1, 0.15) is 16.7 Å². The first-order chi connectivity index (χ1) is 9.00. The SMILES string of the molecule is CS(=O)(=O)c1ccc(C#N)cc1Cc1ccccc1. The van der Waals surface area contributed by atoms with Gasteiger partial charge >= 0.3 is 0 Å². The van der Waals surface area contributed by atoms with Crippen LogP contribution in [0.3, 0.4) is 0 Å². The Kier molecular flexibility index (Phi) is 3.68. The molecule has 3 nitrogen and oxygen atoms in total. The molecule has 0 saturated heterocycles. The van der Waals surface area contributed by atoms with Gasteiger partial charge in [0.15, 0.2) is 9.84 Å². The van der Waals surface area contributed by atoms with Crippen LogP contribution in [0.4, 0.5) is 0 Å². The summed E-state index contributed by atoms with van der Waals surface area (Å²) in [5, 5.41) is 8.92. The monoisotopic (exact) mass is 271 g/mol. The molecule has 0 bridgehead atoms. The molecule has 19 heavy (non-hydrogen) atoms. The molecule has 2 rings (SSSR count). The van der Waals surface area contributed by atoms with Gasteiger partial charge in [-0.2, -0.15) is 5.26 Å². The molecule has 0 amide bonds. The number of sulfone groups is 1. The maximum Gasteiger partial charge on any atom is 0.175 e. The second kappa shape index (κ2) is 5.25. The minimum atomic E-state index is -3.29. The summed E-state index contributed by atoms with van der Waals surface area (Å²) in [5.41, 5.74) is 2.15. The molecule has 2 aromatic rings. The normalized spacial score (nSPS) is 10.9. The first-order valence-electron chi connectivity index (χ1n) is 5.78. The molecule has 0 spiro atoms. The van der Waals surface area contributed by atoms with Crippen molar-refractivity contribution in [1.29, 1.82) is 5.26 Å². The second-order valence-corrected chi connectivity index (χ2v) is 6.35. The highest BCUT2D eigenvalue weighted by molar-refractivity contribution is 7.90. The van der Waals surface area contributed by atoms with Gasteiger partial charge in [-0.25, -0.2) is 8.42 Å². The minimum absolute atomic E-state index is 0.287. The van der Waals surface area contributed by atoms with Gasteiger partial charge in [-0.05, 0) is 35.7 Å². The number of benzene rings is 2. The van der Waals surface area contributed by atoms with Crippen molar-refractivity contribution in [1.82, 2.24) is 0 Å². The third kappa shape index (κ3) is 3.21. The summed E-state index contributed by atoms with van der Waals surface area (Å²) < 4.78 is 23.5. The van der Waals surface area contributed by atoms with Crippen LogP contribution in [0.5, 0.6) is 0 Å². The lowest BCUT2D eigenvalue weighted by Gasteiger charge is -2.08. The average Bonchev–Trinajstić information content (AvgIpc) is 2.38. The Morgan fingerprint density at radius 1 is 1.11 bits per heavy atom. The van der Waals surface area contributed by atoms with E-state index in [1.165, 1.54) is 18.4 Å². The van der Waals surface area contributed by atoms with E-state index in [1.54, 1.807) is 6.07 Å². The summed E-state index contributed by atoms with van der Waals surface area (Å²) in [7, 11) is -3.29. The van der Waals surface area contributed by atoms with Crippen molar-refractivity contribution in [2.75, 3.05) is 6.26 Å². The van der Waals surface area contributed by atoms with Gasteiger partial charge in [0.05, 0.1) is 16.5 Å². The van der Waals surface area contributed by atoms with Gasteiger partial charge in [-0.3, -0.25) is 0 Å². The summed E-state index contributed by atoms with van der Waals surface area (Å²) >= 11 is 0. The fraction of sp³-hybridized carbons (Fsp3) is 0.133. The van der Waals surface area contributed by atoms with Crippen molar-refractivity contribution in [3.8, 4) is 6.07 Å². The topological polar surface area (TPSA) is 57.9 Å². The van der Waals surface area contributed by atoms with Gasteiger partial charge in [-0.15, -0.1) is 0 Å². The second-order valence-electron chi connectivity index (χ2n) is 4.37. The molecule has 96 valence electrons. The molecule has 0 unspecified atom stereocenters. The van der Waals surface area contributed by atoms with Crippen LogP contribution in [0, 0.1) is 11.3 Å². The van der Waals surface area contributed by atoms with E-state index in [0.717, 1.165) is 5.56 Å². The molecule has 0 fully saturated rings. The van der Waals surface area contributed by atoms with Gasteiger partial charge in [-0.1, -0.05) is 30.3 Å². The summed E-state index contributed by atoms with van der Waals surface area (Å²) in [6.45, 7) is 0. The molecule has 4 heteroatoms. The lowest BCUT2D eigenvalue weighted by Crippen LogP contribution is -2.03. The van der Waals surface area contributed by atoms with Crippen molar-refractivity contribution >= 4 is 9.84 Å². The van der Waals surface area contributed by atoms with Crippen molar-refractivity contribution in [2.24, 2.45) is 0 Å². The smallest absolute Gasteiger partial charge is 0.175 e. The minimum Gasteiger partial charge on any atom is -0.224 e. The first kappa shape index (κ1) is 13.3. The Bertz CT molecular complexity index is 728. The van der Waals surface area contributed by atoms with Gasteiger partial charge in [0.2, 0.25) is 0 Å². The van der Waals surface area contributed by atoms with Crippen LogP contribution in [0.25, 0.3) is 0 Å². The van der Waals surface area contributed by atoms with Crippen LogP contribution < -0.4 is 0 Å². The molecule has 0 N–H and O–H groups in total. The first-order valence-corrected chi connectivity index (χ1v) is 7.67. The highest BCUT2D eigenvalue weighted by atomic mass is 32.2. The fourth-order valence-corrected chi connectivity index (χ4v) is 2.89. The summed E-state index contributed by atoms with van der Waals surface area (Å²) in [6, 6.07) is 16.3. The van der Waals surface area contributed by atoms with E-state index in [4.69, 9.17) is 5.26 Å². The molecule has 0 aliphatic heterocycles. The number of nitrogens with zero attached hydrogens (tertiary/aromatic N) is 1. The largest absolute Gasteiger partial charge is 0.224 e. The fourth-order valence-electron chi connectivity index (χ4n) is 1.96. The van der Waals surface area contributed by atoms with Crippen LogP contribution in [-0.2, 0) is 16.3 Å². The van der Waals surface area contributed by atoms with E-state index in [0.29, 0.717) is 17.5 Å². The molecular formula is C15H13NO2S. The van der Waals surface area contributed by atoms with E-state index >= 15 is 0 Å². The summed E-state index contributed by atoms with van der Waals surface area (Å²) in [6.07, 6.45) is 1.68. The van der Waals surface area contributed by atoms with E-state index in [9.17, 15) is 8.42 Å². The molecule has 2 aromatic carbocycles. The molecule has 0 aliphatic carbocycles. The van der Waals surface area contributed by atoms with Crippen molar-refractivity contribution in [3.63, 3.8) is 0 Å². The van der Waals surface area contributed by atoms with Gasteiger partial charge in [0.25, 0.3) is 0 Å². The standard InChI is InChI=1S/C15H13NO2S/c1-19(17,18)15-8-7-13(11-16)10-14(15)9-12-5-3-2-4-6-12/h2-8,10H,9H2,1H3. The zero-order chi connectivity index (χ0) is 13.9. The van der Waals surface area contributed by atoms with Crippen molar-refractivity contribution < 1.29 is 8.42 Å². The van der Waals surface area contributed by atoms with Crippen molar-refractivity contribution in [2.45, 2.75) is 11.3 Å². The maximum absolute atomic E-state index is 11.8. The Labute approximate surface area is 113 Å². The zero-order valence-electron chi connectivity index (χ0n) is 10.5. The van der Waals surface area contributed by atoms with E-state index in [2.05, 4.69) is 0 Å². The van der Waals surface area contributed by atoms with Crippen LogP contribution in [0.15, 0.2) is 53.4 Å². The molecule has 0 saturated carbocycles. The molecule has 0 radical (unpaired) electrons. The van der Waals surface area contributed by atoms with Gasteiger partial charge in [0.1, 0.15) is 0 Å². The van der Waals surface area contributed by atoms with Crippen LogP contribution >= 0.6 is 0 Å². The van der Waals surface area contributed by atoms with Gasteiger partial charge < -0.3 is 0 Å². The number of rotatable bonds is 3. The third-order valence-corrected chi connectivity index (χ3v) is 4.02. The predicted molar refractivity (Wildman–Crippen MR) is 73.5 cm³/mol. The lowest BCUT2D eigenvalue weighted by molar-refractivity contribution is 0.601. The van der Waals surface area contributed by atoms with Crippen LogP contribution in [0.2, 0.25) is 0 Å². The molecule has 0 heterocycles. The van der Waals surface area contributed by atoms with Gasteiger partial charge in [0, 0.05) is 6.26 Å². The van der Waals surface area contributed by atoms with E-state index in [1.807, 2.05) is 36.4 Å². The quantitative estimate of drug-likeness (QED) is 0.862. The number of nitriles is 1. The Balaban J connectivity index is 2.51. The Hall–Kier alpha value is -2.12. The molecule has 0 aromatic heterocycles.